The van der Waals surface area contributed by atoms with Crippen LogP contribution in [0.15, 0.2) is 18.2 Å². The fraction of sp³-hybridized carbons (Fsp3) is 0.600. The van der Waals surface area contributed by atoms with Gasteiger partial charge < -0.3 is 5.11 Å². The fourth-order valence-corrected chi connectivity index (χ4v) is 2.28. The van der Waals surface area contributed by atoms with Crippen LogP contribution < -0.4 is 0 Å². The molecule has 0 saturated carbocycles. The van der Waals surface area contributed by atoms with Crippen molar-refractivity contribution in [2.75, 3.05) is 6.61 Å². The second kappa shape index (κ2) is 6.83. The molecule has 0 saturated heterocycles. The van der Waals surface area contributed by atoms with Gasteiger partial charge in [-0.25, -0.2) is 8.78 Å². The van der Waals surface area contributed by atoms with Crippen molar-refractivity contribution in [2.24, 2.45) is 5.41 Å². The van der Waals surface area contributed by atoms with Gasteiger partial charge in [0.15, 0.2) is 11.6 Å². The minimum Gasteiger partial charge on any atom is -0.396 e. The first kappa shape index (κ1) is 15.1. The van der Waals surface area contributed by atoms with Crippen molar-refractivity contribution < 1.29 is 13.9 Å². The van der Waals surface area contributed by atoms with E-state index in [2.05, 4.69) is 6.92 Å². The maximum absolute atomic E-state index is 13.7. The van der Waals surface area contributed by atoms with Gasteiger partial charge in [0.25, 0.3) is 0 Å². The lowest BCUT2D eigenvalue weighted by molar-refractivity contribution is 0.106. The Hall–Kier alpha value is -0.960. The van der Waals surface area contributed by atoms with Crippen LogP contribution in [0, 0.1) is 17.0 Å². The Morgan fingerprint density at radius 3 is 2.50 bits per heavy atom. The predicted octanol–water partition coefficient (Wildman–Crippen LogP) is 4.09. The van der Waals surface area contributed by atoms with Crippen LogP contribution in [-0.2, 0) is 6.42 Å². The van der Waals surface area contributed by atoms with Gasteiger partial charge in [-0.1, -0.05) is 38.8 Å². The SMILES string of the molecule is CCCCC(CC)(CO)Cc1cccc(F)c1F. The number of aliphatic hydroxyl groups excluding tert-OH is 1. The maximum atomic E-state index is 13.7. The van der Waals surface area contributed by atoms with Crippen molar-refractivity contribution >= 4 is 0 Å². The Morgan fingerprint density at radius 2 is 1.94 bits per heavy atom. The van der Waals surface area contributed by atoms with Crippen LogP contribution in [0.25, 0.3) is 0 Å². The molecule has 1 nitrogen and oxygen atoms in total. The van der Waals surface area contributed by atoms with Gasteiger partial charge in [0.05, 0.1) is 0 Å². The van der Waals surface area contributed by atoms with Gasteiger partial charge in [-0.05, 0) is 36.3 Å². The summed E-state index contributed by atoms with van der Waals surface area (Å²) in [4.78, 5) is 0. The summed E-state index contributed by atoms with van der Waals surface area (Å²) in [5, 5.41) is 9.61. The van der Waals surface area contributed by atoms with Crippen LogP contribution in [-0.4, -0.2) is 11.7 Å². The zero-order chi connectivity index (χ0) is 13.6. The van der Waals surface area contributed by atoms with Crippen LogP contribution in [0.3, 0.4) is 0 Å². The number of rotatable bonds is 7. The number of benzene rings is 1. The lowest BCUT2D eigenvalue weighted by Gasteiger charge is -2.31. The molecule has 0 spiro atoms. The monoisotopic (exact) mass is 256 g/mol. The fourth-order valence-electron chi connectivity index (χ4n) is 2.28. The third-order valence-corrected chi connectivity index (χ3v) is 3.74. The third kappa shape index (κ3) is 3.52. The van der Waals surface area contributed by atoms with Crippen molar-refractivity contribution in [1.29, 1.82) is 0 Å². The molecule has 0 heterocycles. The van der Waals surface area contributed by atoms with Crippen molar-refractivity contribution in [2.45, 2.75) is 46.0 Å². The second-order valence-electron chi connectivity index (χ2n) is 5.00. The summed E-state index contributed by atoms with van der Waals surface area (Å²) in [5.41, 5.74) is 0.0342. The van der Waals surface area contributed by atoms with Crippen molar-refractivity contribution in [3.63, 3.8) is 0 Å². The molecule has 1 unspecified atom stereocenters. The highest BCUT2D eigenvalue weighted by atomic mass is 19.2. The molecular formula is C15H22F2O. The molecule has 0 aliphatic carbocycles. The number of aliphatic hydroxyl groups is 1. The van der Waals surface area contributed by atoms with E-state index >= 15 is 0 Å². The van der Waals surface area contributed by atoms with Crippen LogP contribution in [0.2, 0.25) is 0 Å². The molecule has 18 heavy (non-hydrogen) atoms. The Morgan fingerprint density at radius 1 is 1.22 bits per heavy atom. The maximum Gasteiger partial charge on any atom is 0.162 e. The molecule has 0 amide bonds. The third-order valence-electron chi connectivity index (χ3n) is 3.74. The number of halogens is 2. The molecule has 0 fully saturated rings. The average Bonchev–Trinajstić information content (AvgIpc) is 2.40. The van der Waals surface area contributed by atoms with Gasteiger partial charge in [-0.2, -0.15) is 0 Å². The van der Waals surface area contributed by atoms with E-state index in [0.29, 0.717) is 12.0 Å². The lowest BCUT2D eigenvalue weighted by atomic mass is 9.76. The minimum atomic E-state index is -0.814. The summed E-state index contributed by atoms with van der Waals surface area (Å²) >= 11 is 0. The number of hydrogen-bond donors (Lipinski definition) is 1. The molecule has 102 valence electrons. The topological polar surface area (TPSA) is 20.2 Å². The molecule has 1 aromatic rings. The number of unbranched alkanes of at least 4 members (excludes halogenated alkanes) is 1. The van der Waals surface area contributed by atoms with Crippen molar-refractivity contribution in [3.05, 3.63) is 35.4 Å². The normalized spacial score (nSPS) is 14.5. The average molecular weight is 256 g/mol. The summed E-state index contributed by atoms with van der Waals surface area (Å²) in [5.74, 6) is -1.59. The van der Waals surface area contributed by atoms with Gasteiger partial charge >= 0.3 is 0 Å². The summed E-state index contributed by atoms with van der Waals surface area (Å²) in [6.07, 6.45) is 4.02. The van der Waals surface area contributed by atoms with Gasteiger partial charge in [-0.15, -0.1) is 0 Å². The van der Waals surface area contributed by atoms with Gasteiger partial charge in [0, 0.05) is 6.61 Å². The number of hydrogen-bond acceptors (Lipinski definition) is 1. The summed E-state index contributed by atoms with van der Waals surface area (Å²) in [7, 11) is 0. The molecule has 1 rings (SSSR count). The quantitative estimate of drug-likeness (QED) is 0.779. The predicted molar refractivity (Wildman–Crippen MR) is 69.4 cm³/mol. The standard InChI is InChI=1S/C15H22F2O/c1-3-5-9-15(4-2,11-18)10-12-7-6-8-13(16)14(12)17/h6-8,18H,3-5,9-11H2,1-2H3. The van der Waals surface area contributed by atoms with Crippen LogP contribution >= 0.6 is 0 Å². The van der Waals surface area contributed by atoms with Crippen molar-refractivity contribution in [3.8, 4) is 0 Å². The first-order valence-corrected chi connectivity index (χ1v) is 6.62. The molecule has 0 aromatic heterocycles. The van der Waals surface area contributed by atoms with E-state index in [4.69, 9.17) is 0 Å². The Balaban J connectivity index is 2.92. The van der Waals surface area contributed by atoms with Gasteiger partial charge in [-0.3, -0.25) is 0 Å². The largest absolute Gasteiger partial charge is 0.396 e. The zero-order valence-corrected chi connectivity index (χ0v) is 11.2. The lowest BCUT2D eigenvalue weighted by Crippen LogP contribution is -2.28. The Kier molecular flexibility index (Phi) is 5.73. The highest BCUT2D eigenvalue weighted by Gasteiger charge is 2.28. The van der Waals surface area contributed by atoms with E-state index in [-0.39, 0.29) is 12.0 Å². The second-order valence-corrected chi connectivity index (χ2v) is 5.00. The van der Waals surface area contributed by atoms with Crippen LogP contribution in [0.4, 0.5) is 8.78 Å². The molecular weight excluding hydrogens is 234 g/mol. The minimum absolute atomic E-state index is 0.0133. The van der Waals surface area contributed by atoms with E-state index in [1.807, 2.05) is 6.92 Å². The van der Waals surface area contributed by atoms with Gasteiger partial charge in [0.1, 0.15) is 0 Å². The molecule has 1 atom stereocenters. The summed E-state index contributed by atoms with van der Waals surface area (Å²) < 4.78 is 26.8. The van der Waals surface area contributed by atoms with E-state index in [1.54, 1.807) is 6.07 Å². The summed E-state index contributed by atoms with van der Waals surface area (Å²) in [6.45, 7) is 4.09. The van der Waals surface area contributed by atoms with E-state index in [0.717, 1.165) is 31.7 Å². The Bertz CT molecular complexity index is 373. The van der Waals surface area contributed by atoms with Crippen LogP contribution in [0.1, 0.15) is 45.1 Å². The van der Waals surface area contributed by atoms with Crippen LogP contribution in [0.5, 0.6) is 0 Å². The first-order valence-electron chi connectivity index (χ1n) is 6.62. The van der Waals surface area contributed by atoms with Gasteiger partial charge in [0.2, 0.25) is 0 Å². The zero-order valence-electron chi connectivity index (χ0n) is 11.2. The molecule has 0 radical (unpaired) electrons. The van der Waals surface area contributed by atoms with E-state index in [9.17, 15) is 13.9 Å². The molecule has 0 aliphatic heterocycles. The highest BCUT2D eigenvalue weighted by molar-refractivity contribution is 5.20. The van der Waals surface area contributed by atoms with E-state index in [1.165, 1.54) is 6.07 Å². The van der Waals surface area contributed by atoms with E-state index < -0.39 is 11.6 Å². The molecule has 1 N–H and O–H groups in total. The van der Waals surface area contributed by atoms with Crippen molar-refractivity contribution in [1.82, 2.24) is 0 Å². The molecule has 0 aliphatic rings. The highest BCUT2D eigenvalue weighted by Crippen LogP contribution is 2.33. The first-order chi connectivity index (χ1) is 8.58. The smallest absolute Gasteiger partial charge is 0.162 e. The molecule has 1 aromatic carbocycles. The molecule has 0 bridgehead atoms. The Labute approximate surface area is 108 Å². The molecule has 3 heteroatoms. The summed E-state index contributed by atoms with van der Waals surface area (Å²) in [6, 6.07) is 4.24.